The van der Waals surface area contributed by atoms with E-state index < -0.39 is 0 Å². The molecule has 2 saturated heterocycles. The molecule has 2 fully saturated rings. The van der Waals surface area contributed by atoms with Gasteiger partial charge in [0.05, 0.1) is 30.3 Å². The number of ether oxygens (including phenoxy) is 2. The van der Waals surface area contributed by atoms with Crippen molar-refractivity contribution >= 4 is 17.7 Å². The number of methoxy groups -OCH3 is 1. The van der Waals surface area contributed by atoms with Gasteiger partial charge in [-0.2, -0.15) is 0 Å². The van der Waals surface area contributed by atoms with Gasteiger partial charge in [-0.25, -0.2) is 4.98 Å². The molecule has 1 atom stereocenters. The van der Waals surface area contributed by atoms with Crippen molar-refractivity contribution < 1.29 is 14.3 Å². The Morgan fingerprint density at radius 1 is 1.27 bits per heavy atom. The zero-order chi connectivity index (χ0) is 18.0. The van der Waals surface area contributed by atoms with Crippen LogP contribution in [0.1, 0.15) is 22.5 Å². The van der Waals surface area contributed by atoms with Gasteiger partial charge in [-0.1, -0.05) is 6.07 Å². The first-order valence-electron chi connectivity index (χ1n) is 8.63. The fourth-order valence-electron chi connectivity index (χ4n) is 3.50. The average molecular weight is 371 g/mol. The van der Waals surface area contributed by atoms with Crippen molar-refractivity contribution in [2.45, 2.75) is 23.9 Å². The van der Waals surface area contributed by atoms with Gasteiger partial charge in [0.15, 0.2) is 0 Å². The van der Waals surface area contributed by atoms with Crippen LogP contribution in [0.2, 0.25) is 0 Å². The van der Waals surface area contributed by atoms with Gasteiger partial charge in [-0.15, -0.1) is 11.8 Å². The van der Waals surface area contributed by atoms with Gasteiger partial charge in [-0.3, -0.25) is 9.78 Å². The predicted molar refractivity (Wildman–Crippen MR) is 99.3 cm³/mol. The highest BCUT2D eigenvalue weighted by Gasteiger charge is 2.51. The number of carbonyl (C=O) groups is 1. The minimum atomic E-state index is -0.0148. The van der Waals surface area contributed by atoms with E-state index in [1.165, 1.54) is 7.11 Å². The maximum atomic E-state index is 12.7. The van der Waals surface area contributed by atoms with Crippen LogP contribution in [-0.2, 0) is 11.3 Å². The van der Waals surface area contributed by atoms with Crippen molar-refractivity contribution in [1.82, 2.24) is 14.9 Å². The zero-order valence-corrected chi connectivity index (χ0v) is 15.4. The summed E-state index contributed by atoms with van der Waals surface area (Å²) in [6, 6.07) is 9.37. The SMILES string of the molecule is COc1ncccc1C(=O)N1CC2(CC(OCc3ccccn3)CS2)C1. The highest BCUT2D eigenvalue weighted by molar-refractivity contribution is 8.01. The van der Waals surface area contributed by atoms with Crippen LogP contribution in [0, 0.1) is 0 Å². The second-order valence-corrected chi connectivity index (χ2v) is 8.16. The largest absolute Gasteiger partial charge is 0.480 e. The number of aromatic nitrogens is 2. The van der Waals surface area contributed by atoms with Gasteiger partial charge in [0, 0.05) is 31.2 Å². The smallest absolute Gasteiger partial charge is 0.259 e. The number of hydrogen-bond donors (Lipinski definition) is 0. The Kier molecular flexibility index (Phi) is 4.82. The highest BCUT2D eigenvalue weighted by Crippen LogP contribution is 2.46. The quantitative estimate of drug-likeness (QED) is 0.804. The van der Waals surface area contributed by atoms with Gasteiger partial charge in [-0.05, 0) is 30.7 Å². The Labute approximate surface area is 156 Å². The summed E-state index contributed by atoms with van der Waals surface area (Å²) < 4.78 is 11.3. The predicted octanol–water partition coefficient (Wildman–Crippen LogP) is 2.40. The van der Waals surface area contributed by atoms with Crippen LogP contribution >= 0.6 is 11.8 Å². The maximum Gasteiger partial charge on any atom is 0.259 e. The third-order valence-electron chi connectivity index (χ3n) is 4.81. The van der Waals surface area contributed by atoms with Crippen LogP contribution in [-0.4, -0.2) is 57.6 Å². The normalized spacial score (nSPS) is 20.8. The number of likely N-dealkylation sites (tertiary alicyclic amines) is 1. The van der Waals surface area contributed by atoms with Crippen molar-refractivity contribution in [3.8, 4) is 5.88 Å². The minimum Gasteiger partial charge on any atom is -0.480 e. The maximum absolute atomic E-state index is 12.7. The molecule has 0 N–H and O–H groups in total. The third-order valence-corrected chi connectivity index (χ3v) is 6.38. The molecule has 4 rings (SSSR count). The average Bonchev–Trinajstić information content (AvgIpc) is 3.10. The van der Waals surface area contributed by atoms with Gasteiger partial charge < -0.3 is 14.4 Å². The monoisotopic (exact) mass is 371 g/mol. The van der Waals surface area contributed by atoms with Gasteiger partial charge >= 0.3 is 0 Å². The molecule has 4 heterocycles. The van der Waals surface area contributed by atoms with Crippen LogP contribution < -0.4 is 4.74 Å². The first-order chi connectivity index (χ1) is 12.7. The van der Waals surface area contributed by atoms with Crippen molar-refractivity contribution in [3.05, 3.63) is 54.0 Å². The fourth-order valence-corrected chi connectivity index (χ4v) is 5.05. The topological polar surface area (TPSA) is 64.5 Å². The van der Waals surface area contributed by atoms with Gasteiger partial charge in [0.2, 0.25) is 5.88 Å². The fraction of sp³-hybridized carbons (Fsp3) is 0.421. The Morgan fingerprint density at radius 3 is 2.88 bits per heavy atom. The van der Waals surface area contributed by atoms with Crippen LogP contribution in [0.4, 0.5) is 0 Å². The second kappa shape index (κ2) is 7.25. The lowest BCUT2D eigenvalue weighted by molar-refractivity contribution is 0.0243. The summed E-state index contributed by atoms with van der Waals surface area (Å²) in [5.41, 5.74) is 1.48. The van der Waals surface area contributed by atoms with E-state index in [1.807, 2.05) is 34.9 Å². The van der Waals surface area contributed by atoms with E-state index in [4.69, 9.17) is 9.47 Å². The van der Waals surface area contributed by atoms with Crippen LogP contribution in [0.3, 0.4) is 0 Å². The Hall–Kier alpha value is -2.12. The second-order valence-electron chi connectivity index (χ2n) is 6.67. The van der Waals surface area contributed by atoms with E-state index in [0.29, 0.717) is 18.1 Å². The van der Waals surface area contributed by atoms with E-state index in [2.05, 4.69) is 9.97 Å². The Bertz CT molecular complexity index is 781. The molecule has 2 aliphatic heterocycles. The summed E-state index contributed by atoms with van der Waals surface area (Å²) in [6.07, 6.45) is 4.60. The molecule has 2 aromatic heterocycles. The molecule has 0 aromatic carbocycles. The number of pyridine rings is 2. The van der Waals surface area contributed by atoms with Crippen molar-refractivity contribution in [3.63, 3.8) is 0 Å². The van der Waals surface area contributed by atoms with Crippen LogP contribution in [0.5, 0.6) is 5.88 Å². The molecular weight excluding hydrogens is 350 g/mol. The summed E-state index contributed by atoms with van der Waals surface area (Å²) in [4.78, 5) is 23.0. The van der Waals surface area contributed by atoms with Crippen LogP contribution in [0.15, 0.2) is 42.7 Å². The molecule has 0 radical (unpaired) electrons. The van der Waals surface area contributed by atoms with E-state index in [1.54, 1.807) is 24.5 Å². The van der Waals surface area contributed by atoms with Crippen molar-refractivity contribution in [1.29, 1.82) is 0 Å². The number of hydrogen-bond acceptors (Lipinski definition) is 6. The number of nitrogens with zero attached hydrogens (tertiary/aromatic N) is 3. The molecule has 1 amide bonds. The standard InChI is InChI=1S/C19H21N3O3S/c1-24-17-16(6-4-8-21-17)18(23)22-12-19(13-22)9-15(11-26-19)25-10-14-5-2-3-7-20-14/h2-8,15H,9-13H2,1H3. The molecule has 2 aliphatic rings. The van der Waals surface area contributed by atoms with Crippen LogP contribution in [0.25, 0.3) is 0 Å². The highest BCUT2D eigenvalue weighted by atomic mass is 32.2. The van der Waals surface area contributed by atoms with Gasteiger partial charge in [0.1, 0.15) is 5.56 Å². The Morgan fingerprint density at radius 2 is 2.12 bits per heavy atom. The summed E-state index contributed by atoms with van der Waals surface area (Å²) in [5, 5.41) is 0. The van der Waals surface area contributed by atoms with E-state index >= 15 is 0 Å². The minimum absolute atomic E-state index is 0.0148. The molecule has 1 spiro atoms. The lowest BCUT2D eigenvalue weighted by Crippen LogP contribution is -2.60. The molecule has 0 bridgehead atoms. The molecule has 2 aromatic rings. The van der Waals surface area contributed by atoms with Crippen molar-refractivity contribution in [2.24, 2.45) is 0 Å². The molecule has 7 heteroatoms. The number of thioether (sulfide) groups is 1. The summed E-state index contributed by atoms with van der Waals surface area (Å²) in [5.74, 6) is 1.33. The van der Waals surface area contributed by atoms with Crippen molar-refractivity contribution in [2.75, 3.05) is 26.0 Å². The molecule has 6 nitrogen and oxygen atoms in total. The molecule has 26 heavy (non-hydrogen) atoms. The number of amides is 1. The lowest BCUT2D eigenvalue weighted by atomic mass is 9.92. The number of rotatable bonds is 5. The zero-order valence-electron chi connectivity index (χ0n) is 14.6. The molecule has 1 unspecified atom stereocenters. The molecule has 0 saturated carbocycles. The molecule has 0 aliphatic carbocycles. The van der Waals surface area contributed by atoms with Gasteiger partial charge in [0.25, 0.3) is 5.91 Å². The molecule has 136 valence electrons. The summed E-state index contributed by atoms with van der Waals surface area (Å²) >= 11 is 1.91. The first kappa shape index (κ1) is 17.3. The molecular formula is C19H21N3O3S. The van der Waals surface area contributed by atoms with E-state index in [-0.39, 0.29) is 16.8 Å². The van der Waals surface area contributed by atoms with E-state index in [0.717, 1.165) is 31.0 Å². The summed E-state index contributed by atoms with van der Waals surface area (Å²) in [7, 11) is 1.53. The lowest BCUT2D eigenvalue weighted by Gasteiger charge is -2.47. The third kappa shape index (κ3) is 3.41. The first-order valence-corrected chi connectivity index (χ1v) is 9.61. The number of carbonyl (C=O) groups excluding carboxylic acids is 1. The summed E-state index contributed by atoms with van der Waals surface area (Å²) in [6.45, 7) is 2.04. The van der Waals surface area contributed by atoms with E-state index in [9.17, 15) is 4.79 Å². The Balaban J connectivity index is 1.31.